The van der Waals surface area contributed by atoms with Gasteiger partial charge in [-0.3, -0.25) is 14.4 Å². The van der Waals surface area contributed by atoms with E-state index >= 15 is 0 Å². The molecular weight excluding hydrogens is 572 g/mol. The molecule has 0 radical (unpaired) electrons. The summed E-state index contributed by atoms with van der Waals surface area (Å²) in [6, 6.07) is 8.96. The maximum atomic E-state index is 13.3. The molecule has 1 aliphatic heterocycles. The summed E-state index contributed by atoms with van der Waals surface area (Å²) in [5.74, 6) is -0.822. The van der Waals surface area contributed by atoms with Gasteiger partial charge < -0.3 is 18.9 Å². The van der Waals surface area contributed by atoms with Crippen LogP contribution in [0.3, 0.4) is 0 Å². The summed E-state index contributed by atoms with van der Waals surface area (Å²) in [6.07, 6.45) is 4.97. The Morgan fingerprint density at radius 2 is 1.51 bits per heavy atom. The SMILES string of the molecule is CC(=O)O[C@H]1C[C@@H](OC(=O)c2ccccc2)C(C)(C)[C@@H]2C[C@@H](OC(C)=O)[C@@]3(C)C4=CC[C@@H]([C@H]5COC(=O)C5)[C@]4(C)CC[C@@H]3[C@@]12C. The number of hydrogen-bond acceptors (Lipinski definition) is 8. The van der Waals surface area contributed by atoms with Crippen molar-refractivity contribution in [3.63, 3.8) is 0 Å². The summed E-state index contributed by atoms with van der Waals surface area (Å²) in [7, 11) is 0. The first-order valence-electron chi connectivity index (χ1n) is 16.6. The standard InChI is InChI=1S/C37H48O8/c1-21(38)43-30-18-28-34(3,4)29(45-33(41)23-11-9-8-10-12-23)19-31(44-22(2)39)37(28,7)27-15-16-35(5)25(24-17-32(40)42-20-24)13-14-26(35)36(27,30)6/h8-12,14,24-25,27-31H,13,15-20H2,1-7H3/t24-,25+,27+,28+,29-,30-,31+,35+,36+,37-/m1/s1. The normalized spacial score (nSPS) is 41.4. The summed E-state index contributed by atoms with van der Waals surface area (Å²) < 4.78 is 24.2. The highest BCUT2D eigenvalue weighted by atomic mass is 16.6. The Kier molecular flexibility index (Phi) is 7.76. The predicted molar refractivity (Wildman–Crippen MR) is 166 cm³/mol. The zero-order chi connectivity index (χ0) is 32.5. The molecule has 8 nitrogen and oxygen atoms in total. The monoisotopic (exact) mass is 620 g/mol. The van der Waals surface area contributed by atoms with Crippen LogP contribution >= 0.6 is 0 Å². The van der Waals surface area contributed by atoms with Crippen molar-refractivity contribution in [2.75, 3.05) is 6.61 Å². The second kappa shape index (κ2) is 11.0. The van der Waals surface area contributed by atoms with Crippen LogP contribution in [0.5, 0.6) is 0 Å². The Morgan fingerprint density at radius 3 is 2.13 bits per heavy atom. The molecule has 3 saturated carbocycles. The van der Waals surface area contributed by atoms with E-state index < -0.39 is 40.5 Å². The van der Waals surface area contributed by atoms with Gasteiger partial charge in [0.1, 0.15) is 18.3 Å². The van der Waals surface area contributed by atoms with Crippen LogP contribution in [0.1, 0.15) is 97.3 Å². The lowest BCUT2D eigenvalue weighted by atomic mass is 9.36. The van der Waals surface area contributed by atoms with Crippen LogP contribution in [0.4, 0.5) is 0 Å². The zero-order valence-corrected chi connectivity index (χ0v) is 27.7. The van der Waals surface area contributed by atoms with Crippen molar-refractivity contribution >= 4 is 23.9 Å². The molecule has 45 heavy (non-hydrogen) atoms. The summed E-state index contributed by atoms with van der Waals surface area (Å²) in [5, 5.41) is 0. The first kappa shape index (κ1) is 31.8. The number of allylic oxidation sites excluding steroid dienone is 1. The van der Waals surface area contributed by atoms with Crippen LogP contribution in [-0.4, -0.2) is 48.8 Å². The summed E-state index contributed by atoms with van der Waals surface area (Å²) >= 11 is 0. The van der Waals surface area contributed by atoms with Gasteiger partial charge >= 0.3 is 23.9 Å². The molecule has 244 valence electrons. The van der Waals surface area contributed by atoms with Gasteiger partial charge in [-0.05, 0) is 61.0 Å². The molecule has 1 heterocycles. The molecule has 1 saturated heterocycles. The van der Waals surface area contributed by atoms with Gasteiger partial charge in [0.2, 0.25) is 0 Å². The Hall–Kier alpha value is -3.16. The number of cyclic esters (lactones) is 1. The molecule has 0 unspecified atom stereocenters. The average Bonchev–Trinajstić information content (AvgIpc) is 3.55. The van der Waals surface area contributed by atoms with E-state index in [0.717, 1.165) is 19.3 Å². The summed E-state index contributed by atoms with van der Waals surface area (Å²) in [5.41, 5.74) is 0.111. The number of benzene rings is 1. The third kappa shape index (κ3) is 4.84. The molecule has 10 atom stereocenters. The molecular formula is C37H48O8. The number of ether oxygens (including phenoxy) is 4. The zero-order valence-electron chi connectivity index (χ0n) is 27.7. The predicted octanol–water partition coefficient (Wildman–Crippen LogP) is 6.46. The molecule has 6 rings (SSSR count). The van der Waals surface area contributed by atoms with Crippen molar-refractivity contribution in [3.05, 3.63) is 47.5 Å². The fraction of sp³-hybridized carbons (Fsp3) is 0.676. The Balaban J connectivity index is 1.41. The van der Waals surface area contributed by atoms with Crippen LogP contribution in [0, 0.1) is 45.3 Å². The third-order valence-electron chi connectivity index (χ3n) is 13.1. The maximum Gasteiger partial charge on any atom is 0.338 e. The van der Waals surface area contributed by atoms with Crippen molar-refractivity contribution in [1.82, 2.24) is 0 Å². The van der Waals surface area contributed by atoms with Crippen molar-refractivity contribution in [3.8, 4) is 0 Å². The fourth-order valence-corrected chi connectivity index (χ4v) is 11.1. The van der Waals surface area contributed by atoms with Gasteiger partial charge in [-0.15, -0.1) is 0 Å². The molecule has 0 amide bonds. The van der Waals surface area contributed by atoms with Gasteiger partial charge in [-0.1, -0.05) is 64.5 Å². The molecule has 4 fully saturated rings. The van der Waals surface area contributed by atoms with Gasteiger partial charge in [-0.2, -0.15) is 0 Å². The van der Waals surface area contributed by atoms with E-state index in [1.165, 1.54) is 19.4 Å². The summed E-state index contributed by atoms with van der Waals surface area (Å²) in [6.45, 7) is 14.5. The smallest absolute Gasteiger partial charge is 0.338 e. The van der Waals surface area contributed by atoms with Crippen LogP contribution in [0.25, 0.3) is 0 Å². The van der Waals surface area contributed by atoms with Gasteiger partial charge in [0, 0.05) is 42.4 Å². The van der Waals surface area contributed by atoms with Crippen LogP contribution in [0.15, 0.2) is 42.0 Å². The van der Waals surface area contributed by atoms with Crippen molar-refractivity contribution in [1.29, 1.82) is 0 Å². The highest BCUT2D eigenvalue weighted by Crippen LogP contribution is 2.74. The molecule has 0 aromatic heterocycles. The van der Waals surface area contributed by atoms with Crippen LogP contribution < -0.4 is 0 Å². The van der Waals surface area contributed by atoms with Crippen molar-refractivity contribution in [2.24, 2.45) is 45.3 Å². The molecule has 0 spiro atoms. The van der Waals surface area contributed by atoms with E-state index in [-0.39, 0.29) is 47.0 Å². The second-order valence-corrected chi connectivity index (χ2v) is 15.6. The van der Waals surface area contributed by atoms with Crippen LogP contribution in [0.2, 0.25) is 0 Å². The highest BCUT2D eigenvalue weighted by Gasteiger charge is 2.72. The maximum absolute atomic E-state index is 13.3. The quantitative estimate of drug-likeness (QED) is 0.210. The van der Waals surface area contributed by atoms with Gasteiger partial charge in [0.15, 0.2) is 0 Å². The van der Waals surface area contributed by atoms with E-state index in [9.17, 15) is 19.2 Å². The van der Waals surface area contributed by atoms with Crippen LogP contribution in [-0.2, 0) is 33.3 Å². The lowest BCUT2D eigenvalue weighted by Gasteiger charge is -2.70. The average molecular weight is 621 g/mol. The van der Waals surface area contributed by atoms with Crippen molar-refractivity contribution < 1.29 is 38.1 Å². The fourth-order valence-electron chi connectivity index (χ4n) is 11.1. The number of rotatable bonds is 5. The minimum Gasteiger partial charge on any atom is -0.465 e. The van der Waals surface area contributed by atoms with Gasteiger partial charge in [-0.25, -0.2) is 4.79 Å². The molecule has 4 aliphatic carbocycles. The highest BCUT2D eigenvalue weighted by molar-refractivity contribution is 5.89. The van der Waals surface area contributed by atoms with E-state index in [0.29, 0.717) is 31.4 Å². The number of carbonyl (C=O) groups excluding carboxylic acids is 4. The molecule has 8 heteroatoms. The lowest BCUT2D eigenvalue weighted by Crippen LogP contribution is -2.70. The Morgan fingerprint density at radius 1 is 0.844 bits per heavy atom. The number of carbonyl (C=O) groups is 4. The Bertz CT molecular complexity index is 1410. The molecule has 1 aromatic carbocycles. The van der Waals surface area contributed by atoms with E-state index in [4.69, 9.17) is 18.9 Å². The molecule has 1 aromatic rings. The van der Waals surface area contributed by atoms with Crippen molar-refractivity contribution in [2.45, 2.75) is 105 Å². The molecule has 0 bridgehead atoms. The van der Waals surface area contributed by atoms with E-state index in [1.807, 2.05) is 18.2 Å². The topological polar surface area (TPSA) is 105 Å². The van der Waals surface area contributed by atoms with E-state index in [1.54, 1.807) is 12.1 Å². The lowest BCUT2D eigenvalue weighted by molar-refractivity contribution is -0.259. The number of esters is 4. The number of fused-ring (bicyclic) bond motifs is 5. The molecule has 5 aliphatic rings. The molecule has 0 N–H and O–H groups in total. The first-order valence-corrected chi connectivity index (χ1v) is 16.6. The van der Waals surface area contributed by atoms with Gasteiger partial charge in [0.25, 0.3) is 0 Å². The van der Waals surface area contributed by atoms with E-state index in [2.05, 4.69) is 40.7 Å². The Labute approximate surface area is 266 Å². The first-order chi connectivity index (χ1) is 21.1. The minimum atomic E-state index is -0.515. The second-order valence-electron chi connectivity index (χ2n) is 15.6. The van der Waals surface area contributed by atoms with Gasteiger partial charge in [0.05, 0.1) is 18.6 Å². The summed E-state index contributed by atoms with van der Waals surface area (Å²) in [4.78, 5) is 50.9. The number of hydrogen-bond donors (Lipinski definition) is 0. The largest absolute Gasteiger partial charge is 0.465 e. The minimum absolute atomic E-state index is 0.0297. The third-order valence-corrected chi connectivity index (χ3v) is 13.1.